The fourth-order valence-corrected chi connectivity index (χ4v) is 1.78. The first-order chi connectivity index (χ1) is 9.22. The molecule has 1 aromatic heterocycles. The minimum absolute atomic E-state index is 0.380. The zero-order valence-corrected chi connectivity index (χ0v) is 11.6. The second-order valence-corrected chi connectivity index (χ2v) is 4.81. The fourth-order valence-electron chi connectivity index (χ4n) is 1.78. The molecule has 1 saturated carbocycles. The summed E-state index contributed by atoms with van der Waals surface area (Å²) in [5, 5.41) is 0. The Morgan fingerprint density at radius 3 is 2.47 bits per heavy atom. The minimum Gasteiger partial charge on any atom is -0.476 e. The second-order valence-electron chi connectivity index (χ2n) is 4.81. The van der Waals surface area contributed by atoms with E-state index in [2.05, 4.69) is 21.9 Å². The van der Waals surface area contributed by atoms with Crippen molar-refractivity contribution >= 4 is 5.69 Å². The smallest absolute Gasteiger partial charge is 0.244 e. The molecule has 6 heteroatoms. The van der Waals surface area contributed by atoms with Gasteiger partial charge in [0.1, 0.15) is 12.9 Å². The van der Waals surface area contributed by atoms with E-state index in [4.69, 9.17) is 15.2 Å². The van der Waals surface area contributed by atoms with E-state index in [9.17, 15) is 0 Å². The third kappa shape index (κ3) is 3.96. The van der Waals surface area contributed by atoms with Gasteiger partial charge in [0.2, 0.25) is 11.8 Å². The predicted octanol–water partition coefficient (Wildman–Crippen LogP) is 1.32. The standard InChI is InChI=1S/C13H22N4O2/c1-3-7-18-12-11(14)13(16-9-15-12)19-8-6-17(2)10-4-5-10/h9-10H,3-8,14H2,1-2H3. The molecule has 1 aliphatic carbocycles. The molecule has 0 radical (unpaired) electrons. The first kappa shape index (κ1) is 13.9. The van der Waals surface area contributed by atoms with E-state index in [0.29, 0.717) is 30.7 Å². The summed E-state index contributed by atoms with van der Waals surface area (Å²) in [5.74, 6) is 0.813. The highest BCUT2D eigenvalue weighted by Gasteiger charge is 2.25. The summed E-state index contributed by atoms with van der Waals surface area (Å²) < 4.78 is 11.0. The summed E-state index contributed by atoms with van der Waals surface area (Å²) in [6, 6.07) is 0.731. The van der Waals surface area contributed by atoms with Crippen molar-refractivity contribution in [2.24, 2.45) is 0 Å². The van der Waals surface area contributed by atoms with E-state index in [0.717, 1.165) is 19.0 Å². The van der Waals surface area contributed by atoms with E-state index in [1.807, 2.05) is 6.92 Å². The van der Waals surface area contributed by atoms with Crippen LogP contribution in [-0.2, 0) is 0 Å². The summed E-state index contributed by atoms with van der Waals surface area (Å²) in [6.45, 7) is 4.06. The molecule has 0 aromatic carbocycles. The van der Waals surface area contributed by atoms with Crippen molar-refractivity contribution in [3.63, 3.8) is 0 Å². The molecule has 0 bridgehead atoms. The molecule has 2 N–H and O–H groups in total. The SMILES string of the molecule is CCCOc1ncnc(OCCN(C)C2CC2)c1N. The molecule has 0 amide bonds. The predicted molar refractivity (Wildman–Crippen MR) is 73.4 cm³/mol. The van der Waals surface area contributed by atoms with Gasteiger partial charge >= 0.3 is 0 Å². The number of ether oxygens (including phenoxy) is 2. The van der Waals surface area contributed by atoms with Crippen molar-refractivity contribution in [2.75, 3.05) is 32.5 Å². The lowest BCUT2D eigenvalue weighted by Gasteiger charge is -2.16. The van der Waals surface area contributed by atoms with Crippen LogP contribution in [0, 0.1) is 0 Å². The topological polar surface area (TPSA) is 73.5 Å². The lowest BCUT2D eigenvalue weighted by Crippen LogP contribution is -2.26. The summed E-state index contributed by atoms with van der Waals surface area (Å²) >= 11 is 0. The van der Waals surface area contributed by atoms with Gasteiger partial charge in [-0.25, -0.2) is 0 Å². The zero-order valence-electron chi connectivity index (χ0n) is 11.6. The summed E-state index contributed by atoms with van der Waals surface area (Å²) in [5.41, 5.74) is 6.30. The molecule has 0 atom stereocenters. The van der Waals surface area contributed by atoms with Gasteiger partial charge in [0.15, 0.2) is 5.69 Å². The van der Waals surface area contributed by atoms with Crippen molar-refractivity contribution in [2.45, 2.75) is 32.2 Å². The van der Waals surface area contributed by atoms with Crippen molar-refractivity contribution in [1.82, 2.24) is 14.9 Å². The number of nitrogens with two attached hydrogens (primary N) is 1. The number of hydrogen-bond acceptors (Lipinski definition) is 6. The highest BCUT2D eigenvalue weighted by Crippen LogP contribution is 2.27. The molecule has 1 aliphatic rings. The third-order valence-corrected chi connectivity index (χ3v) is 3.11. The van der Waals surface area contributed by atoms with Gasteiger partial charge in [-0.3, -0.25) is 0 Å². The van der Waals surface area contributed by atoms with E-state index in [1.165, 1.54) is 19.2 Å². The molecule has 1 fully saturated rings. The number of nitrogen functional groups attached to an aromatic ring is 1. The molecular weight excluding hydrogens is 244 g/mol. The monoisotopic (exact) mass is 266 g/mol. The summed E-state index contributed by atoms with van der Waals surface area (Å²) in [6.07, 6.45) is 4.91. The van der Waals surface area contributed by atoms with E-state index in [1.54, 1.807) is 0 Å². The number of hydrogen-bond donors (Lipinski definition) is 1. The second kappa shape index (κ2) is 6.56. The lowest BCUT2D eigenvalue weighted by atomic mass is 10.4. The van der Waals surface area contributed by atoms with Gasteiger partial charge < -0.3 is 20.1 Å². The molecule has 1 heterocycles. The number of aromatic nitrogens is 2. The fraction of sp³-hybridized carbons (Fsp3) is 0.692. The van der Waals surface area contributed by atoms with Crippen LogP contribution >= 0.6 is 0 Å². The quantitative estimate of drug-likeness (QED) is 0.765. The van der Waals surface area contributed by atoms with Gasteiger partial charge in [-0.2, -0.15) is 9.97 Å². The number of likely N-dealkylation sites (N-methyl/N-ethyl adjacent to an activating group) is 1. The van der Waals surface area contributed by atoms with Crippen LogP contribution in [0.1, 0.15) is 26.2 Å². The maximum Gasteiger partial charge on any atom is 0.244 e. The molecule has 19 heavy (non-hydrogen) atoms. The Bertz CT molecular complexity index is 410. The Morgan fingerprint density at radius 2 is 1.89 bits per heavy atom. The molecule has 1 aromatic rings. The lowest BCUT2D eigenvalue weighted by molar-refractivity contribution is 0.225. The average molecular weight is 266 g/mol. The summed E-state index contributed by atoms with van der Waals surface area (Å²) in [7, 11) is 2.11. The Kier molecular flexibility index (Phi) is 4.79. The highest BCUT2D eigenvalue weighted by molar-refractivity contribution is 5.55. The van der Waals surface area contributed by atoms with Gasteiger partial charge in [-0.1, -0.05) is 6.92 Å². The van der Waals surface area contributed by atoms with E-state index in [-0.39, 0.29) is 0 Å². The number of rotatable bonds is 8. The largest absolute Gasteiger partial charge is 0.476 e. The maximum atomic E-state index is 5.92. The number of nitrogens with zero attached hydrogens (tertiary/aromatic N) is 3. The van der Waals surface area contributed by atoms with Gasteiger partial charge in [0.25, 0.3) is 0 Å². The van der Waals surface area contributed by atoms with E-state index < -0.39 is 0 Å². The normalized spacial score (nSPS) is 14.7. The van der Waals surface area contributed by atoms with Crippen molar-refractivity contribution < 1.29 is 9.47 Å². The summed E-state index contributed by atoms with van der Waals surface area (Å²) in [4.78, 5) is 10.4. The van der Waals surface area contributed by atoms with Crippen LogP contribution in [0.25, 0.3) is 0 Å². The number of anilines is 1. The molecular formula is C13H22N4O2. The zero-order chi connectivity index (χ0) is 13.7. The minimum atomic E-state index is 0.380. The molecule has 6 nitrogen and oxygen atoms in total. The van der Waals surface area contributed by atoms with Crippen LogP contribution in [0.3, 0.4) is 0 Å². The van der Waals surface area contributed by atoms with Crippen molar-refractivity contribution in [1.29, 1.82) is 0 Å². The average Bonchev–Trinajstić information content (AvgIpc) is 3.23. The molecule has 0 saturated heterocycles. The Morgan fingerprint density at radius 1 is 1.26 bits per heavy atom. The van der Waals surface area contributed by atoms with Crippen molar-refractivity contribution in [3.8, 4) is 11.8 Å². The molecule has 0 spiro atoms. The first-order valence-electron chi connectivity index (χ1n) is 6.78. The Labute approximate surface area is 113 Å². The molecule has 0 unspecified atom stereocenters. The maximum absolute atomic E-state index is 5.92. The van der Waals surface area contributed by atoms with Crippen molar-refractivity contribution in [3.05, 3.63) is 6.33 Å². The van der Waals surface area contributed by atoms with Crippen LogP contribution in [0.2, 0.25) is 0 Å². The van der Waals surface area contributed by atoms with Crippen LogP contribution in [0.4, 0.5) is 5.69 Å². The van der Waals surface area contributed by atoms with Gasteiger partial charge in [-0.15, -0.1) is 0 Å². The Hall–Kier alpha value is -1.56. The van der Waals surface area contributed by atoms with Gasteiger partial charge in [-0.05, 0) is 26.3 Å². The molecule has 106 valence electrons. The van der Waals surface area contributed by atoms with Crippen LogP contribution in [-0.4, -0.2) is 47.7 Å². The molecule has 0 aliphatic heterocycles. The van der Waals surface area contributed by atoms with Crippen LogP contribution < -0.4 is 15.2 Å². The van der Waals surface area contributed by atoms with Crippen LogP contribution in [0.15, 0.2) is 6.33 Å². The third-order valence-electron chi connectivity index (χ3n) is 3.11. The molecule has 2 rings (SSSR count). The van der Waals surface area contributed by atoms with E-state index >= 15 is 0 Å². The van der Waals surface area contributed by atoms with Gasteiger partial charge in [0, 0.05) is 12.6 Å². The van der Waals surface area contributed by atoms with Gasteiger partial charge in [0.05, 0.1) is 6.61 Å². The highest BCUT2D eigenvalue weighted by atomic mass is 16.5. The Balaban J connectivity index is 1.84. The first-order valence-corrected chi connectivity index (χ1v) is 6.78. The van der Waals surface area contributed by atoms with Crippen LogP contribution in [0.5, 0.6) is 11.8 Å².